The molecule has 1 atom stereocenters. The predicted molar refractivity (Wildman–Crippen MR) is 65.5 cm³/mol. The molecule has 0 spiro atoms. The van der Waals surface area contributed by atoms with Gasteiger partial charge in [-0.05, 0) is 6.07 Å². The number of carbonyl (C=O) groups is 1. The molecule has 0 aromatic heterocycles. The minimum Gasteiger partial charge on any atom is -0.389 e. The molecule has 1 N–H and O–H groups in total. The molecule has 1 aromatic rings. The van der Waals surface area contributed by atoms with Crippen LogP contribution in [0.1, 0.15) is 5.56 Å². The van der Waals surface area contributed by atoms with Gasteiger partial charge < -0.3 is 14.7 Å². The van der Waals surface area contributed by atoms with E-state index in [0.29, 0.717) is 12.1 Å². The van der Waals surface area contributed by atoms with Gasteiger partial charge >= 0.3 is 0 Å². The van der Waals surface area contributed by atoms with Crippen molar-refractivity contribution in [3.05, 3.63) is 35.1 Å². The molecule has 1 amide bonds. The van der Waals surface area contributed by atoms with Gasteiger partial charge in [0.2, 0.25) is 5.91 Å². The Kier molecular flexibility index (Phi) is 5.97. The Balaban J connectivity index is 2.68. The maximum Gasteiger partial charge on any atom is 0.226 e. The van der Waals surface area contributed by atoms with Gasteiger partial charge in [0.25, 0.3) is 0 Å². The molecule has 0 heterocycles. The number of nitrogens with zero attached hydrogens (tertiary/aromatic N) is 1. The van der Waals surface area contributed by atoms with E-state index >= 15 is 0 Å². The molecule has 112 valence electrons. The summed E-state index contributed by atoms with van der Waals surface area (Å²) in [6.07, 6.45) is -1.29. The fourth-order valence-electron chi connectivity index (χ4n) is 1.66. The molecule has 0 radical (unpaired) electrons. The highest BCUT2D eigenvalue weighted by atomic mass is 19.2. The van der Waals surface area contributed by atoms with Gasteiger partial charge in [0.1, 0.15) is 5.82 Å². The molecule has 0 fully saturated rings. The van der Waals surface area contributed by atoms with Gasteiger partial charge in [0, 0.05) is 32.3 Å². The van der Waals surface area contributed by atoms with Crippen molar-refractivity contribution in [3.63, 3.8) is 0 Å². The molecule has 4 nitrogen and oxygen atoms in total. The lowest BCUT2D eigenvalue weighted by Crippen LogP contribution is -2.37. The third-order valence-electron chi connectivity index (χ3n) is 2.70. The van der Waals surface area contributed by atoms with Crippen molar-refractivity contribution in [2.75, 3.05) is 27.3 Å². The minimum atomic E-state index is -1.30. The summed E-state index contributed by atoms with van der Waals surface area (Å²) in [5, 5.41) is 9.47. The zero-order valence-electron chi connectivity index (χ0n) is 11.2. The number of likely N-dealkylation sites (N-methyl/N-ethyl adjacent to an activating group) is 1. The summed E-state index contributed by atoms with van der Waals surface area (Å²) in [5.41, 5.74) is -0.234. The molecule has 1 rings (SSSR count). The molecule has 1 aromatic carbocycles. The fourth-order valence-corrected chi connectivity index (χ4v) is 1.66. The Morgan fingerprint density at radius 3 is 2.50 bits per heavy atom. The van der Waals surface area contributed by atoms with Crippen LogP contribution >= 0.6 is 0 Å². The number of halogens is 3. The first kappa shape index (κ1) is 16.5. The first-order valence-electron chi connectivity index (χ1n) is 5.89. The Morgan fingerprint density at radius 1 is 1.30 bits per heavy atom. The summed E-state index contributed by atoms with van der Waals surface area (Å²) in [4.78, 5) is 13.0. The molecular weight excluding hydrogens is 275 g/mol. The van der Waals surface area contributed by atoms with Crippen LogP contribution in [0, 0.1) is 17.5 Å². The van der Waals surface area contributed by atoms with Crippen molar-refractivity contribution in [1.29, 1.82) is 0 Å². The van der Waals surface area contributed by atoms with Gasteiger partial charge in [-0.15, -0.1) is 0 Å². The third-order valence-corrected chi connectivity index (χ3v) is 2.70. The SMILES string of the molecule is COCC(O)CN(C)C(=O)Cc1cc(F)c(F)cc1F. The second-order valence-corrected chi connectivity index (χ2v) is 4.42. The zero-order valence-corrected chi connectivity index (χ0v) is 11.2. The lowest BCUT2D eigenvalue weighted by atomic mass is 10.1. The van der Waals surface area contributed by atoms with Gasteiger partial charge in [0.15, 0.2) is 11.6 Å². The van der Waals surface area contributed by atoms with E-state index in [9.17, 15) is 23.1 Å². The Morgan fingerprint density at radius 2 is 1.90 bits per heavy atom. The van der Waals surface area contributed by atoms with Crippen LogP contribution in [0.2, 0.25) is 0 Å². The Bertz CT molecular complexity index is 482. The summed E-state index contributed by atoms with van der Waals surface area (Å²) in [6, 6.07) is 1.06. The van der Waals surface area contributed by atoms with Crippen molar-refractivity contribution in [2.45, 2.75) is 12.5 Å². The minimum absolute atomic E-state index is 0.00201. The Labute approximate surface area is 114 Å². The van der Waals surface area contributed by atoms with Crippen LogP contribution in [0.3, 0.4) is 0 Å². The summed E-state index contributed by atoms with van der Waals surface area (Å²) in [5.74, 6) is -4.02. The van der Waals surface area contributed by atoms with Crippen molar-refractivity contribution in [2.24, 2.45) is 0 Å². The number of carbonyl (C=O) groups excluding carboxylic acids is 1. The van der Waals surface area contributed by atoms with E-state index in [2.05, 4.69) is 0 Å². The quantitative estimate of drug-likeness (QED) is 0.799. The number of hydrogen-bond donors (Lipinski definition) is 1. The van der Waals surface area contributed by atoms with E-state index < -0.39 is 35.9 Å². The number of hydrogen-bond acceptors (Lipinski definition) is 3. The van der Waals surface area contributed by atoms with Crippen LogP contribution in [0.4, 0.5) is 13.2 Å². The second kappa shape index (κ2) is 7.25. The first-order chi connectivity index (χ1) is 9.35. The fraction of sp³-hybridized carbons (Fsp3) is 0.462. The third kappa shape index (κ3) is 4.50. The van der Waals surface area contributed by atoms with E-state index in [1.807, 2.05) is 0 Å². The lowest BCUT2D eigenvalue weighted by Gasteiger charge is -2.20. The number of aliphatic hydroxyl groups is 1. The van der Waals surface area contributed by atoms with Crippen LogP contribution in [0.5, 0.6) is 0 Å². The molecule has 0 aliphatic rings. The van der Waals surface area contributed by atoms with Gasteiger partial charge in [-0.2, -0.15) is 0 Å². The molecule has 0 aliphatic carbocycles. The van der Waals surface area contributed by atoms with E-state index in [4.69, 9.17) is 4.74 Å². The molecule has 0 bridgehead atoms. The molecule has 0 saturated heterocycles. The van der Waals surface area contributed by atoms with Gasteiger partial charge in [-0.3, -0.25) is 4.79 Å². The van der Waals surface area contributed by atoms with E-state index in [-0.39, 0.29) is 18.7 Å². The highest BCUT2D eigenvalue weighted by Crippen LogP contribution is 2.15. The largest absolute Gasteiger partial charge is 0.389 e. The van der Waals surface area contributed by atoms with Crippen LogP contribution < -0.4 is 0 Å². The molecule has 0 aliphatic heterocycles. The number of amides is 1. The normalized spacial score (nSPS) is 12.3. The summed E-state index contributed by atoms with van der Waals surface area (Å²) in [7, 11) is 2.82. The number of rotatable bonds is 6. The number of aliphatic hydroxyl groups excluding tert-OH is 1. The summed E-state index contributed by atoms with van der Waals surface area (Å²) < 4.78 is 43.9. The number of ether oxygens (including phenoxy) is 1. The molecule has 1 unspecified atom stereocenters. The average molecular weight is 291 g/mol. The second-order valence-electron chi connectivity index (χ2n) is 4.42. The highest BCUT2D eigenvalue weighted by molar-refractivity contribution is 5.78. The van der Waals surface area contributed by atoms with Gasteiger partial charge in [0.05, 0.1) is 19.1 Å². The van der Waals surface area contributed by atoms with Crippen LogP contribution in [-0.2, 0) is 16.0 Å². The highest BCUT2D eigenvalue weighted by Gasteiger charge is 2.17. The van der Waals surface area contributed by atoms with E-state index in [1.165, 1.54) is 19.1 Å². The number of benzene rings is 1. The van der Waals surface area contributed by atoms with E-state index in [0.717, 1.165) is 0 Å². The molecular formula is C13H16F3NO3. The van der Waals surface area contributed by atoms with E-state index in [1.54, 1.807) is 0 Å². The van der Waals surface area contributed by atoms with Crippen molar-refractivity contribution >= 4 is 5.91 Å². The lowest BCUT2D eigenvalue weighted by molar-refractivity contribution is -0.130. The molecule has 7 heteroatoms. The van der Waals surface area contributed by atoms with Gasteiger partial charge in [-0.1, -0.05) is 0 Å². The smallest absolute Gasteiger partial charge is 0.226 e. The maximum atomic E-state index is 13.4. The molecule has 0 saturated carbocycles. The monoisotopic (exact) mass is 291 g/mol. The van der Waals surface area contributed by atoms with Crippen molar-refractivity contribution < 1.29 is 27.8 Å². The van der Waals surface area contributed by atoms with Crippen LogP contribution in [0.25, 0.3) is 0 Å². The topological polar surface area (TPSA) is 49.8 Å². The number of methoxy groups -OCH3 is 1. The van der Waals surface area contributed by atoms with Crippen LogP contribution in [-0.4, -0.2) is 49.3 Å². The standard InChI is InChI=1S/C13H16F3NO3/c1-17(6-9(18)7-20-2)13(19)4-8-3-11(15)12(16)5-10(8)14/h3,5,9,18H,4,6-7H2,1-2H3. The van der Waals surface area contributed by atoms with Crippen molar-refractivity contribution in [3.8, 4) is 0 Å². The molecule has 20 heavy (non-hydrogen) atoms. The van der Waals surface area contributed by atoms with Crippen LogP contribution in [0.15, 0.2) is 12.1 Å². The maximum absolute atomic E-state index is 13.4. The first-order valence-corrected chi connectivity index (χ1v) is 5.89. The van der Waals surface area contributed by atoms with Crippen molar-refractivity contribution in [1.82, 2.24) is 4.90 Å². The predicted octanol–water partition coefficient (Wildman–Crippen LogP) is 1.11. The summed E-state index contributed by atoms with van der Waals surface area (Å²) in [6.45, 7) is 0.0507. The summed E-state index contributed by atoms with van der Waals surface area (Å²) >= 11 is 0. The average Bonchev–Trinajstić information content (AvgIpc) is 2.35. The van der Waals surface area contributed by atoms with Gasteiger partial charge in [-0.25, -0.2) is 13.2 Å². The Hall–Kier alpha value is -1.60. The zero-order chi connectivity index (χ0) is 15.3.